The molecule has 0 radical (unpaired) electrons. The SMILES string of the molecule is CCCN(C=O)CCC(=O)NC. The van der Waals surface area contributed by atoms with Crippen molar-refractivity contribution in [2.24, 2.45) is 0 Å². The molecule has 0 fully saturated rings. The molecule has 0 bridgehead atoms. The fraction of sp³-hybridized carbons (Fsp3) is 0.750. The van der Waals surface area contributed by atoms with Gasteiger partial charge in [0, 0.05) is 26.6 Å². The first kappa shape index (κ1) is 10.9. The standard InChI is InChI=1S/C8H16N2O2/c1-3-5-10(7-11)6-4-8(12)9-2/h7H,3-6H2,1-2H3,(H,9,12). The molecule has 0 aromatic rings. The van der Waals surface area contributed by atoms with Crippen LogP contribution in [-0.4, -0.2) is 37.4 Å². The van der Waals surface area contributed by atoms with Crippen LogP contribution in [0.4, 0.5) is 0 Å². The van der Waals surface area contributed by atoms with Gasteiger partial charge in [-0.2, -0.15) is 0 Å². The summed E-state index contributed by atoms with van der Waals surface area (Å²) in [6.07, 6.45) is 2.09. The monoisotopic (exact) mass is 172 g/mol. The summed E-state index contributed by atoms with van der Waals surface area (Å²) in [5.41, 5.74) is 0. The van der Waals surface area contributed by atoms with Crippen LogP contribution in [0, 0.1) is 0 Å². The van der Waals surface area contributed by atoms with Crippen molar-refractivity contribution in [2.45, 2.75) is 19.8 Å². The summed E-state index contributed by atoms with van der Waals surface area (Å²) < 4.78 is 0. The van der Waals surface area contributed by atoms with Crippen molar-refractivity contribution < 1.29 is 9.59 Å². The molecule has 0 saturated carbocycles. The van der Waals surface area contributed by atoms with E-state index >= 15 is 0 Å². The number of amides is 2. The van der Waals surface area contributed by atoms with Gasteiger partial charge < -0.3 is 10.2 Å². The Hall–Kier alpha value is -1.06. The predicted molar refractivity (Wildman–Crippen MR) is 46.6 cm³/mol. The third kappa shape index (κ3) is 4.71. The van der Waals surface area contributed by atoms with E-state index in [0.29, 0.717) is 13.0 Å². The van der Waals surface area contributed by atoms with Crippen molar-refractivity contribution in [1.82, 2.24) is 10.2 Å². The summed E-state index contributed by atoms with van der Waals surface area (Å²) in [5.74, 6) is -0.0297. The summed E-state index contributed by atoms with van der Waals surface area (Å²) >= 11 is 0. The molecular formula is C8H16N2O2. The van der Waals surface area contributed by atoms with Gasteiger partial charge in [-0.05, 0) is 6.42 Å². The molecule has 4 nitrogen and oxygen atoms in total. The van der Waals surface area contributed by atoms with Crippen molar-refractivity contribution in [3.63, 3.8) is 0 Å². The van der Waals surface area contributed by atoms with Crippen LogP contribution in [0.3, 0.4) is 0 Å². The third-order valence-electron chi connectivity index (χ3n) is 1.56. The van der Waals surface area contributed by atoms with E-state index in [0.717, 1.165) is 19.4 Å². The first-order valence-corrected chi connectivity index (χ1v) is 4.14. The van der Waals surface area contributed by atoms with Crippen molar-refractivity contribution >= 4 is 12.3 Å². The lowest BCUT2D eigenvalue weighted by atomic mass is 10.3. The Kier molecular flexibility index (Phi) is 6.05. The Morgan fingerprint density at radius 3 is 2.58 bits per heavy atom. The molecule has 70 valence electrons. The molecule has 1 N–H and O–H groups in total. The average Bonchev–Trinajstić information content (AvgIpc) is 2.11. The van der Waals surface area contributed by atoms with E-state index in [9.17, 15) is 9.59 Å². The number of rotatable bonds is 6. The van der Waals surface area contributed by atoms with Crippen molar-refractivity contribution in [3.8, 4) is 0 Å². The maximum Gasteiger partial charge on any atom is 0.221 e. The van der Waals surface area contributed by atoms with Crippen molar-refractivity contribution in [1.29, 1.82) is 0 Å². The third-order valence-corrected chi connectivity index (χ3v) is 1.56. The second-order valence-electron chi connectivity index (χ2n) is 2.56. The molecule has 0 rings (SSSR count). The summed E-state index contributed by atoms with van der Waals surface area (Å²) in [4.78, 5) is 22.8. The molecule has 0 heterocycles. The molecule has 0 aliphatic heterocycles. The highest BCUT2D eigenvalue weighted by Gasteiger charge is 2.02. The zero-order chi connectivity index (χ0) is 9.40. The highest BCUT2D eigenvalue weighted by Crippen LogP contribution is 1.89. The highest BCUT2D eigenvalue weighted by molar-refractivity contribution is 5.75. The lowest BCUT2D eigenvalue weighted by molar-refractivity contribution is -0.122. The molecule has 2 amide bonds. The van der Waals surface area contributed by atoms with E-state index in [-0.39, 0.29) is 5.91 Å². The number of hydrogen-bond acceptors (Lipinski definition) is 2. The quantitative estimate of drug-likeness (QED) is 0.573. The molecular weight excluding hydrogens is 156 g/mol. The van der Waals surface area contributed by atoms with E-state index in [4.69, 9.17) is 0 Å². The molecule has 0 aromatic heterocycles. The van der Waals surface area contributed by atoms with E-state index < -0.39 is 0 Å². The largest absolute Gasteiger partial charge is 0.359 e. The molecule has 4 heteroatoms. The van der Waals surface area contributed by atoms with E-state index in [1.165, 1.54) is 0 Å². The predicted octanol–water partition coefficient (Wildman–Crippen LogP) is -0.00910. The fourth-order valence-corrected chi connectivity index (χ4v) is 0.875. The Bertz CT molecular complexity index is 148. The second-order valence-corrected chi connectivity index (χ2v) is 2.56. The molecule has 12 heavy (non-hydrogen) atoms. The lowest BCUT2D eigenvalue weighted by Crippen LogP contribution is -2.28. The maximum absolute atomic E-state index is 10.8. The van der Waals surface area contributed by atoms with Crippen LogP contribution in [0.2, 0.25) is 0 Å². The van der Waals surface area contributed by atoms with Crippen LogP contribution in [0.25, 0.3) is 0 Å². The van der Waals surface area contributed by atoms with Gasteiger partial charge in [0.1, 0.15) is 0 Å². The normalized spacial score (nSPS) is 9.17. The molecule has 0 atom stereocenters. The Morgan fingerprint density at radius 2 is 2.17 bits per heavy atom. The summed E-state index contributed by atoms with van der Waals surface area (Å²) in [6.45, 7) is 3.23. The van der Waals surface area contributed by atoms with Gasteiger partial charge in [0.2, 0.25) is 12.3 Å². The average molecular weight is 172 g/mol. The minimum absolute atomic E-state index is 0.0297. The minimum Gasteiger partial charge on any atom is -0.359 e. The van der Waals surface area contributed by atoms with Gasteiger partial charge in [0.15, 0.2) is 0 Å². The van der Waals surface area contributed by atoms with Gasteiger partial charge >= 0.3 is 0 Å². The maximum atomic E-state index is 10.8. The van der Waals surface area contributed by atoms with Crippen LogP contribution < -0.4 is 5.32 Å². The van der Waals surface area contributed by atoms with Crippen LogP contribution >= 0.6 is 0 Å². The zero-order valence-electron chi connectivity index (χ0n) is 7.67. The Labute approximate surface area is 72.9 Å². The fourth-order valence-electron chi connectivity index (χ4n) is 0.875. The van der Waals surface area contributed by atoms with Gasteiger partial charge in [0.05, 0.1) is 0 Å². The van der Waals surface area contributed by atoms with Crippen LogP contribution in [0.15, 0.2) is 0 Å². The Balaban J connectivity index is 3.57. The number of carbonyl (C=O) groups is 2. The highest BCUT2D eigenvalue weighted by atomic mass is 16.2. The second kappa shape index (κ2) is 6.64. The van der Waals surface area contributed by atoms with E-state index in [1.807, 2.05) is 6.92 Å². The number of nitrogens with zero attached hydrogens (tertiary/aromatic N) is 1. The molecule has 0 aliphatic rings. The van der Waals surface area contributed by atoms with E-state index in [2.05, 4.69) is 5.32 Å². The van der Waals surface area contributed by atoms with Gasteiger partial charge in [-0.1, -0.05) is 6.92 Å². The minimum atomic E-state index is -0.0297. The smallest absolute Gasteiger partial charge is 0.221 e. The Morgan fingerprint density at radius 1 is 1.50 bits per heavy atom. The van der Waals surface area contributed by atoms with Gasteiger partial charge in [-0.25, -0.2) is 0 Å². The van der Waals surface area contributed by atoms with Crippen LogP contribution in [0.1, 0.15) is 19.8 Å². The summed E-state index contributed by atoms with van der Waals surface area (Å²) in [7, 11) is 1.59. The summed E-state index contributed by atoms with van der Waals surface area (Å²) in [6, 6.07) is 0. The van der Waals surface area contributed by atoms with Gasteiger partial charge in [0.25, 0.3) is 0 Å². The van der Waals surface area contributed by atoms with Gasteiger partial charge in [-0.15, -0.1) is 0 Å². The first-order chi connectivity index (χ1) is 5.74. The first-order valence-electron chi connectivity index (χ1n) is 4.14. The number of nitrogens with one attached hydrogen (secondary N) is 1. The van der Waals surface area contributed by atoms with Crippen LogP contribution in [0.5, 0.6) is 0 Å². The van der Waals surface area contributed by atoms with Crippen molar-refractivity contribution in [2.75, 3.05) is 20.1 Å². The molecule has 0 spiro atoms. The summed E-state index contributed by atoms with van der Waals surface area (Å²) in [5, 5.41) is 2.50. The van der Waals surface area contributed by atoms with E-state index in [1.54, 1.807) is 11.9 Å². The number of carbonyl (C=O) groups excluding carboxylic acids is 2. The number of hydrogen-bond donors (Lipinski definition) is 1. The molecule has 0 aliphatic carbocycles. The van der Waals surface area contributed by atoms with Gasteiger partial charge in [-0.3, -0.25) is 9.59 Å². The van der Waals surface area contributed by atoms with Crippen molar-refractivity contribution in [3.05, 3.63) is 0 Å². The zero-order valence-corrected chi connectivity index (χ0v) is 7.67. The molecule has 0 saturated heterocycles. The lowest BCUT2D eigenvalue weighted by Gasteiger charge is -2.14. The molecule has 0 unspecified atom stereocenters. The topological polar surface area (TPSA) is 49.4 Å². The molecule has 0 aromatic carbocycles. The van der Waals surface area contributed by atoms with Crippen LogP contribution in [-0.2, 0) is 9.59 Å².